The minimum Gasteiger partial charge on any atom is -0.465 e. The van der Waals surface area contributed by atoms with E-state index in [1.54, 1.807) is 30.5 Å². The monoisotopic (exact) mass is 421 g/mol. The van der Waals surface area contributed by atoms with Crippen LogP contribution in [0, 0.1) is 0 Å². The van der Waals surface area contributed by atoms with Gasteiger partial charge in [-0.15, -0.1) is 0 Å². The number of benzene rings is 1. The predicted molar refractivity (Wildman–Crippen MR) is 113 cm³/mol. The molecule has 0 atom stereocenters. The molecule has 0 spiro atoms. The lowest BCUT2D eigenvalue weighted by atomic mass is 10.1. The van der Waals surface area contributed by atoms with E-state index >= 15 is 0 Å². The zero-order valence-electron chi connectivity index (χ0n) is 17.4. The van der Waals surface area contributed by atoms with Crippen molar-refractivity contribution >= 4 is 17.7 Å². The van der Waals surface area contributed by atoms with E-state index in [0.29, 0.717) is 55.4 Å². The number of nitrogens with zero attached hydrogens (tertiary/aromatic N) is 5. The highest BCUT2D eigenvalue weighted by Gasteiger charge is 2.23. The number of rotatable bonds is 5. The van der Waals surface area contributed by atoms with Gasteiger partial charge < -0.3 is 19.1 Å². The standard InChI is InChI=1S/C22H23N5O4/c1-3-19-24-20(25-31-19)17-8-9-18(23-14-17)26-10-12-27(13-11-26)21(28)15-4-6-16(7-5-15)22(29)30-2/h4-9,14H,3,10-13H2,1-2H3. The van der Waals surface area contributed by atoms with E-state index in [1.807, 2.05) is 24.0 Å². The number of amides is 1. The topological polar surface area (TPSA) is 102 Å². The summed E-state index contributed by atoms with van der Waals surface area (Å²) in [4.78, 5) is 37.1. The van der Waals surface area contributed by atoms with E-state index in [2.05, 4.69) is 24.8 Å². The van der Waals surface area contributed by atoms with Gasteiger partial charge >= 0.3 is 5.97 Å². The second kappa shape index (κ2) is 8.95. The fourth-order valence-corrected chi connectivity index (χ4v) is 3.41. The fraction of sp³-hybridized carbons (Fsp3) is 0.318. The van der Waals surface area contributed by atoms with Crippen molar-refractivity contribution in [3.63, 3.8) is 0 Å². The van der Waals surface area contributed by atoms with Crippen LogP contribution in [0.5, 0.6) is 0 Å². The van der Waals surface area contributed by atoms with Crippen molar-refractivity contribution in [3.05, 3.63) is 59.6 Å². The Morgan fingerprint density at radius 1 is 1.03 bits per heavy atom. The highest BCUT2D eigenvalue weighted by molar-refractivity contribution is 5.96. The van der Waals surface area contributed by atoms with Gasteiger partial charge in [-0.2, -0.15) is 4.98 Å². The summed E-state index contributed by atoms with van der Waals surface area (Å²) in [7, 11) is 1.33. The SMILES string of the molecule is CCc1nc(-c2ccc(N3CCN(C(=O)c4ccc(C(=O)OC)cc4)CC3)nc2)no1. The van der Waals surface area contributed by atoms with Gasteiger partial charge in [-0.05, 0) is 36.4 Å². The summed E-state index contributed by atoms with van der Waals surface area (Å²) in [5.74, 6) is 1.50. The maximum absolute atomic E-state index is 12.8. The van der Waals surface area contributed by atoms with Crippen molar-refractivity contribution in [2.75, 3.05) is 38.2 Å². The number of piperazine rings is 1. The first-order valence-corrected chi connectivity index (χ1v) is 10.1. The quantitative estimate of drug-likeness (QED) is 0.579. The third-order valence-electron chi connectivity index (χ3n) is 5.22. The molecule has 1 aliphatic heterocycles. The predicted octanol–water partition coefficient (Wildman–Crippen LogP) is 2.44. The molecule has 0 bridgehead atoms. The summed E-state index contributed by atoms with van der Waals surface area (Å²) in [6.07, 6.45) is 2.43. The average Bonchev–Trinajstić information content (AvgIpc) is 3.33. The number of hydrogen-bond donors (Lipinski definition) is 0. The summed E-state index contributed by atoms with van der Waals surface area (Å²) in [6, 6.07) is 10.4. The third kappa shape index (κ3) is 4.40. The Morgan fingerprint density at radius 3 is 2.32 bits per heavy atom. The van der Waals surface area contributed by atoms with E-state index in [0.717, 1.165) is 11.4 Å². The smallest absolute Gasteiger partial charge is 0.337 e. The fourth-order valence-electron chi connectivity index (χ4n) is 3.41. The molecule has 0 unspecified atom stereocenters. The van der Waals surface area contributed by atoms with Gasteiger partial charge in [0.2, 0.25) is 11.7 Å². The van der Waals surface area contributed by atoms with Gasteiger partial charge in [0, 0.05) is 49.9 Å². The molecular formula is C22H23N5O4. The molecule has 1 fully saturated rings. The van der Waals surface area contributed by atoms with Crippen molar-refractivity contribution in [2.45, 2.75) is 13.3 Å². The third-order valence-corrected chi connectivity index (χ3v) is 5.22. The molecule has 1 amide bonds. The summed E-state index contributed by atoms with van der Waals surface area (Å²) >= 11 is 0. The number of carbonyl (C=O) groups excluding carboxylic acids is 2. The maximum Gasteiger partial charge on any atom is 0.337 e. The molecule has 9 heteroatoms. The summed E-state index contributed by atoms with van der Waals surface area (Å²) < 4.78 is 9.84. The Morgan fingerprint density at radius 2 is 1.74 bits per heavy atom. The second-order valence-electron chi connectivity index (χ2n) is 7.12. The highest BCUT2D eigenvalue weighted by Crippen LogP contribution is 2.20. The lowest BCUT2D eigenvalue weighted by molar-refractivity contribution is 0.0599. The van der Waals surface area contributed by atoms with Crippen LogP contribution in [0.2, 0.25) is 0 Å². The van der Waals surface area contributed by atoms with Crippen LogP contribution in [0.3, 0.4) is 0 Å². The molecule has 3 aromatic rings. The van der Waals surface area contributed by atoms with Crippen LogP contribution in [0.15, 0.2) is 47.1 Å². The number of hydrogen-bond acceptors (Lipinski definition) is 8. The summed E-state index contributed by atoms with van der Waals surface area (Å²) in [5, 5.41) is 3.97. The Labute approximate surface area is 179 Å². The van der Waals surface area contributed by atoms with Gasteiger partial charge in [0.15, 0.2) is 0 Å². The first kappa shape index (κ1) is 20.5. The molecule has 160 valence electrons. The number of carbonyl (C=O) groups is 2. The Balaban J connectivity index is 1.36. The van der Waals surface area contributed by atoms with Gasteiger partial charge in [-0.25, -0.2) is 9.78 Å². The Hall–Kier alpha value is -3.75. The highest BCUT2D eigenvalue weighted by atomic mass is 16.5. The molecule has 1 saturated heterocycles. The molecule has 3 heterocycles. The van der Waals surface area contributed by atoms with Crippen LogP contribution in [0.4, 0.5) is 5.82 Å². The van der Waals surface area contributed by atoms with Crippen LogP contribution in [0.1, 0.15) is 33.5 Å². The largest absolute Gasteiger partial charge is 0.465 e. The molecule has 4 rings (SSSR count). The molecule has 0 N–H and O–H groups in total. The van der Waals surface area contributed by atoms with Crippen LogP contribution < -0.4 is 4.90 Å². The molecule has 0 saturated carbocycles. The number of anilines is 1. The Bertz CT molecular complexity index is 1050. The zero-order chi connectivity index (χ0) is 21.8. The minimum atomic E-state index is -0.420. The normalized spacial score (nSPS) is 13.9. The van der Waals surface area contributed by atoms with Gasteiger partial charge in [-0.3, -0.25) is 4.79 Å². The van der Waals surface area contributed by atoms with Gasteiger partial charge in [0.25, 0.3) is 5.91 Å². The molecule has 1 aromatic carbocycles. The van der Waals surface area contributed by atoms with Crippen molar-refractivity contribution in [1.82, 2.24) is 20.0 Å². The minimum absolute atomic E-state index is 0.0526. The Kier molecular flexibility index (Phi) is 5.92. The molecular weight excluding hydrogens is 398 g/mol. The molecule has 9 nitrogen and oxygen atoms in total. The zero-order valence-corrected chi connectivity index (χ0v) is 17.4. The number of aryl methyl sites for hydroxylation is 1. The molecule has 2 aromatic heterocycles. The van der Waals surface area contributed by atoms with E-state index < -0.39 is 5.97 Å². The number of pyridine rings is 1. The van der Waals surface area contributed by atoms with Gasteiger partial charge in [0.1, 0.15) is 5.82 Å². The van der Waals surface area contributed by atoms with Crippen LogP contribution in [-0.4, -0.2) is 65.2 Å². The first-order chi connectivity index (χ1) is 15.1. The molecule has 1 aliphatic rings. The van der Waals surface area contributed by atoms with E-state index in [1.165, 1.54) is 7.11 Å². The van der Waals surface area contributed by atoms with Crippen molar-refractivity contribution < 1.29 is 18.8 Å². The van der Waals surface area contributed by atoms with E-state index in [9.17, 15) is 9.59 Å². The van der Waals surface area contributed by atoms with Crippen LogP contribution in [0.25, 0.3) is 11.4 Å². The van der Waals surface area contributed by atoms with Gasteiger partial charge in [-0.1, -0.05) is 12.1 Å². The lowest BCUT2D eigenvalue weighted by Crippen LogP contribution is -2.49. The van der Waals surface area contributed by atoms with Gasteiger partial charge in [0.05, 0.1) is 12.7 Å². The lowest BCUT2D eigenvalue weighted by Gasteiger charge is -2.35. The molecule has 0 radical (unpaired) electrons. The number of ether oxygens (including phenoxy) is 1. The maximum atomic E-state index is 12.8. The van der Waals surface area contributed by atoms with Crippen LogP contribution in [-0.2, 0) is 11.2 Å². The number of methoxy groups -OCH3 is 1. The van der Waals surface area contributed by atoms with Crippen molar-refractivity contribution in [2.24, 2.45) is 0 Å². The second-order valence-corrected chi connectivity index (χ2v) is 7.12. The number of esters is 1. The van der Waals surface area contributed by atoms with Crippen molar-refractivity contribution in [3.8, 4) is 11.4 Å². The average molecular weight is 421 g/mol. The van der Waals surface area contributed by atoms with E-state index in [-0.39, 0.29) is 5.91 Å². The first-order valence-electron chi connectivity index (χ1n) is 10.1. The molecule has 0 aliphatic carbocycles. The van der Waals surface area contributed by atoms with Crippen molar-refractivity contribution in [1.29, 1.82) is 0 Å². The summed E-state index contributed by atoms with van der Waals surface area (Å²) in [6.45, 7) is 4.50. The summed E-state index contributed by atoms with van der Waals surface area (Å²) in [5.41, 5.74) is 1.77. The van der Waals surface area contributed by atoms with Crippen LogP contribution >= 0.6 is 0 Å². The van der Waals surface area contributed by atoms with E-state index in [4.69, 9.17) is 4.52 Å². The number of aromatic nitrogens is 3. The molecule has 31 heavy (non-hydrogen) atoms.